The summed E-state index contributed by atoms with van der Waals surface area (Å²) in [5, 5.41) is 2.73. The topological polar surface area (TPSA) is 38.3 Å². The second-order valence-electron chi connectivity index (χ2n) is 3.62. The third-order valence-corrected chi connectivity index (χ3v) is 1.46. The van der Waals surface area contributed by atoms with E-state index in [1.807, 2.05) is 20.8 Å². The van der Waals surface area contributed by atoms with Crippen LogP contribution < -0.4 is 5.32 Å². The number of carbonyl (C=O) groups is 1. The van der Waals surface area contributed by atoms with Crippen LogP contribution in [-0.4, -0.2) is 18.7 Å². The quantitative estimate of drug-likeness (QED) is 0.536. The first kappa shape index (κ1) is 7.54. The Morgan fingerprint density at radius 1 is 1.60 bits per heavy atom. The predicted octanol–water partition coefficient (Wildman–Crippen LogP) is 0.505. The Morgan fingerprint density at radius 3 is 2.40 bits per heavy atom. The molecule has 1 amide bonds. The molecule has 3 nitrogen and oxygen atoms in total. The average molecular weight is 143 g/mol. The van der Waals surface area contributed by atoms with Crippen molar-refractivity contribution in [1.29, 1.82) is 0 Å². The fourth-order valence-corrected chi connectivity index (χ4v) is 0.855. The Labute approximate surface area is 60.7 Å². The molecule has 1 atom stereocenters. The standard InChI is InChI=1S/C7H13NO2/c1-7(2,3)6-8-5(9)4-10-6/h6H,4H2,1-3H3,(H,8,9)/t6-/m0/s1. The Hall–Kier alpha value is -0.570. The number of carbonyl (C=O) groups excluding carboxylic acids is 1. The summed E-state index contributed by atoms with van der Waals surface area (Å²) < 4.78 is 5.17. The van der Waals surface area contributed by atoms with E-state index < -0.39 is 0 Å². The van der Waals surface area contributed by atoms with Gasteiger partial charge in [-0.2, -0.15) is 0 Å². The van der Waals surface area contributed by atoms with Gasteiger partial charge in [-0.15, -0.1) is 0 Å². The zero-order chi connectivity index (χ0) is 7.78. The monoisotopic (exact) mass is 143 g/mol. The minimum absolute atomic E-state index is 0.00611. The highest BCUT2D eigenvalue weighted by atomic mass is 16.5. The van der Waals surface area contributed by atoms with E-state index in [1.165, 1.54) is 0 Å². The summed E-state index contributed by atoms with van der Waals surface area (Å²) >= 11 is 0. The Morgan fingerprint density at radius 2 is 2.20 bits per heavy atom. The van der Waals surface area contributed by atoms with E-state index in [1.54, 1.807) is 0 Å². The predicted molar refractivity (Wildman–Crippen MR) is 37.3 cm³/mol. The number of hydrogen-bond donors (Lipinski definition) is 1. The van der Waals surface area contributed by atoms with Crippen molar-refractivity contribution < 1.29 is 9.53 Å². The summed E-state index contributed by atoms with van der Waals surface area (Å²) in [6.07, 6.45) is -0.111. The van der Waals surface area contributed by atoms with Crippen molar-refractivity contribution in [2.75, 3.05) is 6.61 Å². The highest BCUT2D eigenvalue weighted by Gasteiger charge is 2.31. The molecule has 0 aliphatic carbocycles. The third-order valence-electron chi connectivity index (χ3n) is 1.46. The second-order valence-corrected chi connectivity index (χ2v) is 3.62. The number of nitrogens with one attached hydrogen (secondary N) is 1. The van der Waals surface area contributed by atoms with Crippen LogP contribution in [0.25, 0.3) is 0 Å². The van der Waals surface area contributed by atoms with Gasteiger partial charge in [0, 0.05) is 5.41 Å². The Balaban J connectivity index is 2.53. The molecule has 0 aromatic carbocycles. The van der Waals surface area contributed by atoms with E-state index in [2.05, 4.69) is 5.32 Å². The summed E-state index contributed by atoms with van der Waals surface area (Å²) in [6.45, 7) is 6.30. The molecule has 10 heavy (non-hydrogen) atoms. The summed E-state index contributed by atoms with van der Waals surface area (Å²) in [7, 11) is 0. The molecule has 58 valence electrons. The van der Waals surface area contributed by atoms with Crippen LogP contribution in [-0.2, 0) is 9.53 Å². The first-order chi connectivity index (χ1) is 4.50. The molecule has 0 radical (unpaired) electrons. The van der Waals surface area contributed by atoms with Crippen LogP contribution in [0.2, 0.25) is 0 Å². The van der Waals surface area contributed by atoms with E-state index >= 15 is 0 Å². The minimum atomic E-state index is -0.111. The SMILES string of the molecule is CC(C)(C)[C@H]1NC(=O)CO1. The number of rotatable bonds is 0. The van der Waals surface area contributed by atoms with Gasteiger partial charge in [-0.25, -0.2) is 0 Å². The van der Waals surface area contributed by atoms with Gasteiger partial charge in [-0.05, 0) is 0 Å². The molecule has 0 saturated carbocycles. The van der Waals surface area contributed by atoms with E-state index in [0.29, 0.717) is 0 Å². The molecule has 1 N–H and O–H groups in total. The van der Waals surface area contributed by atoms with Gasteiger partial charge in [-0.1, -0.05) is 20.8 Å². The highest BCUT2D eigenvalue weighted by molar-refractivity contribution is 5.78. The lowest BCUT2D eigenvalue weighted by molar-refractivity contribution is -0.119. The van der Waals surface area contributed by atoms with Crippen molar-refractivity contribution in [3.8, 4) is 0 Å². The fourth-order valence-electron chi connectivity index (χ4n) is 0.855. The maximum atomic E-state index is 10.7. The molecule has 1 heterocycles. The van der Waals surface area contributed by atoms with Crippen LogP contribution in [0.5, 0.6) is 0 Å². The third kappa shape index (κ3) is 1.48. The van der Waals surface area contributed by atoms with E-state index in [0.717, 1.165) is 0 Å². The largest absolute Gasteiger partial charge is 0.348 e. The van der Waals surface area contributed by atoms with Gasteiger partial charge in [0.2, 0.25) is 5.91 Å². The molecule has 1 aliphatic heterocycles. The summed E-state index contributed by atoms with van der Waals surface area (Å²) in [4.78, 5) is 10.7. The molecular formula is C7H13NO2. The first-order valence-electron chi connectivity index (χ1n) is 3.41. The second kappa shape index (κ2) is 2.23. The lowest BCUT2D eigenvalue weighted by Crippen LogP contribution is -2.37. The molecule has 0 bridgehead atoms. The van der Waals surface area contributed by atoms with Gasteiger partial charge >= 0.3 is 0 Å². The van der Waals surface area contributed by atoms with Crippen LogP contribution >= 0.6 is 0 Å². The fraction of sp³-hybridized carbons (Fsp3) is 0.857. The van der Waals surface area contributed by atoms with Crippen molar-refractivity contribution >= 4 is 5.91 Å². The number of hydrogen-bond acceptors (Lipinski definition) is 2. The first-order valence-corrected chi connectivity index (χ1v) is 3.41. The highest BCUT2D eigenvalue weighted by Crippen LogP contribution is 2.22. The van der Waals surface area contributed by atoms with Gasteiger partial charge in [0.15, 0.2) is 0 Å². The summed E-state index contributed by atoms with van der Waals surface area (Å²) in [6, 6.07) is 0. The van der Waals surface area contributed by atoms with Crippen molar-refractivity contribution in [2.45, 2.75) is 27.0 Å². The van der Waals surface area contributed by atoms with Crippen molar-refractivity contribution in [3.05, 3.63) is 0 Å². The van der Waals surface area contributed by atoms with Crippen LogP contribution in [0, 0.1) is 5.41 Å². The molecule has 0 aromatic rings. The van der Waals surface area contributed by atoms with E-state index in [4.69, 9.17) is 4.74 Å². The summed E-state index contributed by atoms with van der Waals surface area (Å²) in [5.41, 5.74) is 0.00611. The van der Waals surface area contributed by atoms with Crippen LogP contribution in [0.1, 0.15) is 20.8 Å². The van der Waals surface area contributed by atoms with Gasteiger partial charge in [0.05, 0.1) is 0 Å². The average Bonchev–Trinajstić information content (AvgIpc) is 2.11. The molecule has 0 spiro atoms. The number of ether oxygens (including phenoxy) is 1. The van der Waals surface area contributed by atoms with Crippen LogP contribution in [0.4, 0.5) is 0 Å². The molecule has 1 fully saturated rings. The zero-order valence-electron chi connectivity index (χ0n) is 6.60. The zero-order valence-corrected chi connectivity index (χ0v) is 6.60. The van der Waals surface area contributed by atoms with E-state index in [-0.39, 0.29) is 24.2 Å². The maximum absolute atomic E-state index is 10.7. The van der Waals surface area contributed by atoms with Gasteiger partial charge in [-0.3, -0.25) is 4.79 Å². The maximum Gasteiger partial charge on any atom is 0.248 e. The Kier molecular flexibility index (Phi) is 1.68. The van der Waals surface area contributed by atoms with Crippen LogP contribution in [0.15, 0.2) is 0 Å². The van der Waals surface area contributed by atoms with Crippen molar-refractivity contribution in [3.63, 3.8) is 0 Å². The summed E-state index contributed by atoms with van der Waals surface area (Å²) in [5.74, 6) is -0.0140. The molecule has 1 saturated heterocycles. The van der Waals surface area contributed by atoms with Gasteiger partial charge < -0.3 is 10.1 Å². The normalized spacial score (nSPS) is 26.7. The minimum Gasteiger partial charge on any atom is -0.348 e. The van der Waals surface area contributed by atoms with Crippen molar-refractivity contribution in [1.82, 2.24) is 5.32 Å². The lowest BCUT2D eigenvalue weighted by atomic mass is 9.94. The number of amides is 1. The molecule has 0 aromatic heterocycles. The van der Waals surface area contributed by atoms with E-state index in [9.17, 15) is 4.79 Å². The Bertz CT molecular complexity index is 148. The smallest absolute Gasteiger partial charge is 0.248 e. The lowest BCUT2D eigenvalue weighted by Gasteiger charge is -2.24. The molecule has 0 unspecified atom stereocenters. The van der Waals surface area contributed by atoms with Gasteiger partial charge in [0.25, 0.3) is 0 Å². The molecule has 1 aliphatic rings. The molecule has 1 rings (SSSR count). The molecular weight excluding hydrogens is 130 g/mol. The molecule has 3 heteroatoms. The van der Waals surface area contributed by atoms with Gasteiger partial charge in [0.1, 0.15) is 12.8 Å². The van der Waals surface area contributed by atoms with Crippen LogP contribution in [0.3, 0.4) is 0 Å². The van der Waals surface area contributed by atoms with Crippen molar-refractivity contribution in [2.24, 2.45) is 5.41 Å².